The van der Waals surface area contributed by atoms with Crippen LogP contribution in [0.25, 0.3) is 0 Å². The smallest absolute Gasteiger partial charge is 0.331 e. The Kier molecular flexibility index (Phi) is 4.37. The Bertz CT molecular complexity index is 401. The van der Waals surface area contributed by atoms with E-state index in [0.717, 1.165) is 0 Å². The van der Waals surface area contributed by atoms with Gasteiger partial charge >= 0.3 is 6.55 Å². The first-order chi connectivity index (χ1) is 7.99. The van der Waals surface area contributed by atoms with Crippen LogP contribution < -0.4 is 0 Å². The average molecular weight is 243 g/mol. The maximum atomic E-state index is 12.6. The summed E-state index contributed by atoms with van der Waals surface area (Å²) in [6.07, 6.45) is 2.74. The topological polar surface area (TPSA) is 38.1 Å². The minimum Gasteiger partial charge on any atom is -0.331 e. The molecule has 0 saturated heterocycles. The highest BCUT2D eigenvalue weighted by molar-refractivity contribution is 5.92. The maximum Gasteiger partial charge on any atom is 0.333 e. The molecular weight excluding hydrogens is 228 g/mol. The maximum absolute atomic E-state index is 12.6. The van der Waals surface area contributed by atoms with Gasteiger partial charge in [0.1, 0.15) is 5.69 Å². The molecule has 17 heavy (non-hydrogen) atoms. The Hall–Kier alpha value is -1.72. The molecule has 1 aromatic heterocycles. The van der Waals surface area contributed by atoms with E-state index in [1.165, 1.54) is 17.2 Å². The summed E-state index contributed by atoms with van der Waals surface area (Å²) in [6.45, 7) is 4.65. The normalized spacial score (nSPS) is 10.9. The lowest BCUT2D eigenvalue weighted by atomic mass is 10.2. The zero-order valence-electron chi connectivity index (χ0n) is 9.81. The number of nitrogens with zero attached hydrogens (tertiary/aromatic N) is 3. The second-order valence-corrected chi connectivity index (χ2v) is 3.78. The molecule has 0 unspecified atom stereocenters. The van der Waals surface area contributed by atoms with Crippen molar-refractivity contribution in [3.63, 3.8) is 0 Å². The Morgan fingerprint density at radius 3 is 2.76 bits per heavy atom. The van der Waals surface area contributed by atoms with Crippen molar-refractivity contribution in [3.05, 3.63) is 30.6 Å². The van der Waals surface area contributed by atoms with Crippen LogP contribution in [0.4, 0.5) is 8.78 Å². The van der Waals surface area contributed by atoms with Crippen molar-refractivity contribution in [3.8, 4) is 0 Å². The third-order valence-corrected chi connectivity index (χ3v) is 2.28. The van der Waals surface area contributed by atoms with Crippen LogP contribution in [0.1, 0.15) is 30.9 Å². The van der Waals surface area contributed by atoms with Crippen LogP contribution >= 0.6 is 0 Å². The molecule has 0 aliphatic rings. The molecule has 0 bridgehead atoms. The molecular formula is C11H15F2N3O. The highest BCUT2D eigenvalue weighted by atomic mass is 19.3. The molecule has 0 aliphatic carbocycles. The Morgan fingerprint density at radius 1 is 1.65 bits per heavy atom. The molecule has 0 N–H and O–H groups in total. The number of alkyl halides is 2. The summed E-state index contributed by atoms with van der Waals surface area (Å²) in [4.78, 5) is 13.5. The van der Waals surface area contributed by atoms with Gasteiger partial charge < -0.3 is 4.90 Å². The minimum absolute atomic E-state index is 0.0958. The van der Waals surface area contributed by atoms with Crippen molar-refractivity contribution in [2.75, 3.05) is 6.54 Å². The van der Waals surface area contributed by atoms with Gasteiger partial charge in [-0.25, -0.2) is 0 Å². The van der Waals surface area contributed by atoms with E-state index in [2.05, 4.69) is 11.7 Å². The van der Waals surface area contributed by atoms with E-state index in [0.29, 0.717) is 11.2 Å². The summed E-state index contributed by atoms with van der Waals surface area (Å²) in [7, 11) is 0. The van der Waals surface area contributed by atoms with Crippen LogP contribution in [0.5, 0.6) is 0 Å². The second-order valence-electron chi connectivity index (χ2n) is 3.78. The summed E-state index contributed by atoms with van der Waals surface area (Å²) >= 11 is 0. The second kappa shape index (κ2) is 5.56. The lowest BCUT2D eigenvalue weighted by Gasteiger charge is -2.25. The lowest BCUT2D eigenvalue weighted by molar-refractivity contribution is 0.0455. The Balaban J connectivity index is 3.01. The van der Waals surface area contributed by atoms with Gasteiger partial charge in [-0.1, -0.05) is 6.08 Å². The van der Waals surface area contributed by atoms with Gasteiger partial charge in [0.2, 0.25) is 0 Å². The van der Waals surface area contributed by atoms with E-state index < -0.39 is 12.5 Å². The largest absolute Gasteiger partial charge is 0.333 e. The fourth-order valence-electron chi connectivity index (χ4n) is 1.45. The van der Waals surface area contributed by atoms with Gasteiger partial charge in [-0.15, -0.1) is 6.58 Å². The number of carbonyl (C=O) groups is 1. The van der Waals surface area contributed by atoms with Crippen LogP contribution in [0.15, 0.2) is 24.9 Å². The van der Waals surface area contributed by atoms with Crippen LogP contribution in [-0.4, -0.2) is 33.2 Å². The standard InChI is InChI=1S/C11H15F2N3O/c1-4-7-15(8(2)3)10(17)9-5-6-14-16(9)11(12)13/h4-6,8,11H,1,7H2,2-3H3. The molecule has 0 radical (unpaired) electrons. The number of hydrogen-bond acceptors (Lipinski definition) is 2. The van der Waals surface area contributed by atoms with E-state index in [4.69, 9.17) is 0 Å². The number of aromatic nitrogens is 2. The first-order valence-electron chi connectivity index (χ1n) is 5.22. The monoisotopic (exact) mass is 243 g/mol. The van der Waals surface area contributed by atoms with Crippen LogP contribution in [0.2, 0.25) is 0 Å². The number of hydrogen-bond donors (Lipinski definition) is 0. The molecule has 4 nitrogen and oxygen atoms in total. The van der Waals surface area contributed by atoms with Crippen LogP contribution in [-0.2, 0) is 0 Å². The third kappa shape index (κ3) is 2.89. The van der Waals surface area contributed by atoms with E-state index in [-0.39, 0.29) is 11.7 Å². The van der Waals surface area contributed by atoms with E-state index in [1.807, 2.05) is 13.8 Å². The van der Waals surface area contributed by atoms with E-state index in [1.54, 1.807) is 6.08 Å². The quantitative estimate of drug-likeness (QED) is 0.744. The van der Waals surface area contributed by atoms with E-state index >= 15 is 0 Å². The van der Waals surface area contributed by atoms with Crippen LogP contribution in [0, 0.1) is 0 Å². The van der Waals surface area contributed by atoms with E-state index in [9.17, 15) is 13.6 Å². The van der Waals surface area contributed by atoms with Gasteiger partial charge in [0.15, 0.2) is 0 Å². The highest BCUT2D eigenvalue weighted by Crippen LogP contribution is 2.15. The van der Waals surface area contributed by atoms with Gasteiger partial charge in [-0.3, -0.25) is 4.79 Å². The molecule has 94 valence electrons. The SMILES string of the molecule is C=CCN(C(=O)c1ccnn1C(F)F)C(C)C. The first-order valence-corrected chi connectivity index (χ1v) is 5.22. The molecule has 1 rings (SSSR count). The van der Waals surface area contributed by atoms with Gasteiger partial charge in [0.05, 0.1) is 0 Å². The van der Waals surface area contributed by atoms with Gasteiger partial charge in [-0.05, 0) is 19.9 Å². The fraction of sp³-hybridized carbons (Fsp3) is 0.455. The first kappa shape index (κ1) is 13.3. The van der Waals surface area contributed by atoms with Gasteiger partial charge in [-0.2, -0.15) is 18.6 Å². The molecule has 0 aliphatic heterocycles. The summed E-state index contributed by atoms with van der Waals surface area (Å²) < 4.78 is 25.6. The molecule has 1 amide bonds. The summed E-state index contributed by atoms with van der Waals surface area (Å²) in [5.74, 6) is -0.474. The van der Waals surface area contributed by atoms with Crippen molar-refractivity contribution >= 4 is 5.91 Å². The Morgan fingerprint density at radius 2 is 2.29 bits per heavy atom. The van der Waals surface area contributed by atoms with Crippen molar-refractivity contribution < 1.29 is 13.6 Å². The van der Waals surface area contributed by atoms with Crippen LogP contribution in [0.3, 0.4) is 0 Å². The molecule has 1 aromatic rings. The zero-order valence-corrected chi connectivity index (χ0v) is 9.81. The summed E-state index contributed by atoms with van der Waals surface area (Å²) in [5.41, 5.74) is -0.115. The Labute approximate surface area is 98.5 Å². The van der Waals surface area contributed by atoms with Crippen molar-refractivity contribution in [2.45, 2.75) is 26.4 Å². The molecule has 0 fully saturated rings. The van der Waals surface area contributed by atoms with Crippen molar-refractivity contribution in [2.24, 2.45) is 0 Å². The fourth-order valence-corrected chi connectivity index (χ4v) is 1.45. The average Bonchev–Trinajstić information content (AvgIpc) is 2.73. The molecule has 1 heterocycles. The highest BCUT2D eigenvalue weighted by Gasteiger charge is 2.23. The number of amides is 1. The summed E-state index contributed by atoms with van der Waals surface area (Å²) in [5, 5.41) is 3.43. The zero-order chi connectivity index (χ0) is 13.0. The predicted octanol–water partition coefficient (Wildman–Crippen LogP) is 2.31. The van der Waals surface area contributed by atoms with Gasteiger partial charge in [0, 0.05) is 18.8 Å². The van der Waals surface area contributed by atoms with Crippen molar-refractivity contribution in [1.82, 2.24) is 14.7 Å². The molecule has 0 aromatic carbocycles. The number of carbonyl (C=O) groups excluding carboxylic acids is 1. The lowest BCUT2D eigenvalue weighted by Crippen LogP contribution is -2.38. The molecule has 0 atom stereocenters. The molecule has 6 heteroatoms. The minimum atomic E-state index is -2.82. The third-order valence-electron chi connectivity index (χ3n) is 2.28. The summed E-state index contributed by atoms with van der Waals surface area (Å²) in [6, 6.07) is 1.19. The van der Waals surface area contributed by atoms with Gasteiger partial charge in [0.25, 0.3) is 5.91 Å². The predicted molar refractivity (Wildman–Crippen MR) is 59.8 cm³/mol. The number of rotatable bonds is 5. The van der Waals surface area contributed by atoms with Crippen molar-refractivity contribution in [1.29, 1.82) is 0 Å². The molecule has 0 saturated carbocycles. The number of halogens is 2. The molecule has 0 spiro atoms.